The zero-order valence-corrected chi connectivity index (χ0v) is 19.2. The highest BCUT2D eigenvalue weighted by Crippen LogP contribution is 2.32. The van der Waals surface area contributed by atoms with Gasteiger partial charge in [-0.25, -0.2) is 8.42 Å². The molecule has 4 rings (SSSR count). The van der Waals surface area contributed by atoms with Gasteiger partial charge < -0.3 is 5.32 Å². The van der Waals surface area contributed by atoms with Crippen LogP contribution >= 0.6 is 22.9 Å². The largest absolute Gasteiger partial charge is 0.320 e. The van der Waals surface area contributed by atoms with Gasteiger partial charge in [-0.3, -0.25) is 4.79 Å². The Morgan fingerprint density at radius 1 is 1.19 bits per heavy atom. The number of hydrogen-bond acceptors (Lipinski definition) is 6. The molecule has 1 aliphatic heterocycles. The molecular weight excluding hydrogens is 456 g/mol. The molecule has 162 valence electrons. The SMILES string of the molecule is Cc1ccccc1NC(=O)c1nnc([C@@H]2CCCN(S(=O)(=O)c3cccc(Cl)c3)C2)s1. The molecule has 2 aromatic carbocycles. The molecule has 1 aromatic heterocycles. The molecule has 2 heterocycles. The summed E-state index contributed by atoms with van der Waals surface area (Å²) in [5.74, 6) is -0.433. The van der Waals surface area contributed by atoms with Gasteiger partial charge in [0.1, 0.15) is 5.01 Å². The molecule has 10 heteroatoms. The van der Waals surface area contributed by atoms with Crippen LogP contribution in [0.2, 0.25) is 5.02 Å². The average Bonchev–Trinajstić information content (AvgIpc) is 3.26. The lowest BCUT2D eigenvalue weighted by molar-refractivity contribution is 0.102. The van der Waals surface area contributed by atoms with Crippen LogP contribution < -0.4 is 5.32 Å². The number of nitrogens with one attached hydrogen (secondary N) is 1. The van der Waals surface area contributed by atoms with Gasteiger partial charge in [0.2, 0.25) is 15.0 Å². The Hall–Kier alpha value is -2.33. The number of hydrogen-bond donors (Lipinski definition) is 1. The van der Waals surface area contributed by atoms with E-state index in [9.17, 15) is 13.2 Å². The number of carbonyl (C=O) groups is 1. The first-order chi connectivity index (χ1) is 14.8. The fourth-order valence-electron chi connectivity index (χ4n) is 3.52. The summed E-state index contributed by atoms with van der Waals surface area (Å²) in [7, 11) is -3.65. The second kappa shape index (κ2) is 9.04. The van der Waals surface area contributed by atoms with E-state index in [0.29, 0.717) is 29.5 Å². The molecule has 0 bridgehead atoms. The minimum Gasteiger partial charge on any atom is -0.320 e. The number of benzene rings is 2. The highest BCUT2D eigenvalue weighted by molar-refractivity contribution is 7.89. The zero-order chi connectivity index (χ0) is 22.0. The molecule has 0 unspecified atom stereocenters. The van der Waals surface area contributed by atoms with E-state index in [0.717, 1.165) is 17.7 Å². The van der Waals surface area contributed by atoms with E-state index < -0.39 is 10.0 Å². The molecule has 1 atom stereocenters. The maximum Gasteiger partial charge on any atom is 0.286 e. The maximum atomic E-state index is 13.0. The molecule has 0 radical (unpaired) electrons. The lowest BCUT2D eigenvalue weighted by atomic mass is 10.0. The lowest BCUT2D eigenvalue weighted by Crippen LogP contribution is -2.39. The summed E-state index contributed by atoms with van der Waals surface area (Å²) < 4.78 is 27.5. The number of rotatable bonds is 5. The molecule has 3 aromatic rings. The first-order valence-corrected chi connectivity index (χ1v) is 12.4. The van der Waals surface area contributed by atoms with Gasteiger partial charge in [0.05, 0.1) is 4.90 Å². The Balaban J connectivity index is 1.49. The molecule has 0 spiro atoms. The van der Waals surface area contributed by atoms with Crippen LogP contribution in [0, 0.1) is 6.92 Å². The molecule has 1 fully saturated rings. The molecule has 31 heavy (non-hydrogen) atoms. The number of aromatic nitrogens is 2. The summed E-state index contributed by atoms with van der Waals surface area (Å²) >= 11 is 7.18. The van der Waals surface area contributed by atoms with E-state index in [2.05, 4.69) is 15.5 Å². The van der Waals surface area contributed by atoms with Gasteiger partial charge in [-0.05, 0) is 49.6 Å². The molecule has 1 N–H and O–H groups in total. The number of para-hydroxylation sites is 1. The summed E-state index contributed by atoms with van der Waals surface area (Å²) in [5, 5.41) is 12.4. The highest BCUT2D eigenvalue weighted by atomic mass is 35.5. The smallest absolute Gasteiger partial charge is 0.286 e. The molecule has 1 aliphatic rings. The fourth-order valence-corrected chi connectivity index (χ4v) is 6.21. The minimum absolute atomic E-state index is 0.111. The molecule has 1 amide bonds. The van der Waals surface area contributed by atoms with Gasteiger partial charge in [-0.2, -0.15) is 4.31 Å². The third-order valence-electron chi connectivity index (χ3n) is 5.20. The standard InChI is InChI=1S/C21H21ClN4O3S2/c1-14-6-2-3-10-18(14)23-19(27)21-25-24-20(30-21)15-7-5-11-26(13-15)31(28,29)17-9-4-8-16(22)12-17/h2-4,6,8-10,12,15H,5,7,11,13H2,1H3,(H,23,27)/t15-/m1/s1. The van der Waals surface area contributed by atoms with Crippen LogP contribution in [0.15, 0.2) is 53.4 Å². The molecule has 0 saturated carbocycles. The van der Waals surface area contributed by atoms with E-state index in [-0.39, 0.29) is 21.7 Å². The summed E-state index contributed by atoms with van der Waals surface area (Å²) in [6, 6.07) is 13.8. The number of nitrogens with zero attached hydrogens (tertiary/aromatic N) is 3. The Morgan fingerprint density at radius 2 is 2.00 bits per heavy atom. The summed E-state index contributed by atoms with van der Waals surface area (Å²) in [4.78, 5) is 12.8. The van der Waals surface area contributed by atoms with Crippen molar-refractivity contribution in [1.29, 1.82) is 0 Å². The monoisotopic (exact) mass is 476 g/mol. The average molecular weight is 477 g/mol. The Kier molecular flexibility index (Phi) is 6.38. The van der Waals surface area contributed by atoms with Crippen molar-refractivity contribution in [3.8, 4) is 0 Å². The van der Waals surface area contributed by atoms with Crippen molar-refractivity contribution in [1.82, 2.24) is 14.5 Å². The van der Waals surface area contributed by atoms with Crippen LogP contribution in [0.3, 0.4) is 0 Å². The van der Waals surface area contributed by atoms with E-state index in [4.69, 9.17) is 11.6 Å². The van der Waals surface area contributed by atoms with Gasteiger partial charge in [-0.15, -0.1) is 10.2 Å². The van der Waals surface area contributed by atoms with Crippen LogP contribution in [0.4, 0.5) is 5.69 Å². The Labute approximate surface area is 190 Å². The molecule has 7 nitrogen and oxygen atoms in total. The fraction of sp³-hybridized carbons (Fsp3) is 0.286. The summed E-state index contributed by atoms with van der Waals surface area (Å²) in [6.45, 7) is 2.64. The van der Waals surface area contributed by atoms with Gasteiger partial charge in [0.15, 0.2) is 0 Å². The van der Waals surface area contributed by atoms with Crippen LogP contribution in [0.5, 0.6) is 0 Å². The van der Waals surface area contributed by atoms with Crippen LogP contribution in [-0.2, 0) is 10.0 Å². The Morgan fingerprint density at radius 3 is 2.77 bits per heavy atom. The van der Waals surface area contributed by atoms with E-state index in [1.165, 1.54) is 21.7 Å². The van der Waals surface area contributed by atoms with Crippen molar-refractivity contribution in [2.24, 2.45) is 0 Å². The van der Waals surface area contributed by atoms with Gasteiger partial charge in [0.25, 0.3) is 5.91 Å². The lowest BCUT2D eigenvalue weighted by Gasteiger charge is -2.30. The summed E-state index contributed by atoms with van der Waals surface area (Å²) in [6.07, 6.45) is 1.49. The predicted octanol–water partition coefficient (Wildman–Crippen LogP) is 4.32. The second-order valence-corrected chi connectivity index (χ2v) is 10.8. The van der Waals surface area contributed by atoms with Gasteiger partial charge >= 0.3 is 0 Å². The molecule has 0 aliphatic carbocycles. The van der Waals surface area contributed by atoms with E-state index in [1.54, 1.807) is 18.2 Å². The van der Waals surface area contributed by atoms with Gasteiger partial charge in [-0.1, -0.05) is 47.2 Å². The number of carbonyl (C=O) groups excluding carboxylic acids is 1. The number of anilines is 1. The van der Waals surface area contributed by atoms with Crippen LogP contribution in [0.25, 0.3) is 0 Å². The predicted molar refractivity (Wildman–Crippen MR) is 121 cm³/mol. The number of piperidine rings is 1. The van der Waals surface area contributed by atoms with Crippen LogP contribution in [0.1, 0.15) is 39.1 Å². The number of halogens is 1. The van der Waals surface area contributed by atoms with Crippen molar-refractivity contribution in [3.63, 3.8) is 0 Å². The van der Waals surface area contributed by atoms with Crippen molar-refractivity contribution in [2.45, 2.75) is 30.6 Å². The third kappa shape index (κ3) is 4.79. The van der Waals surface area contributed by atoms with Crippen molar-refractivity contribution >= 4 is 44.6 Å². The van der Waals surface area contributed by atoms with Crippen LogP contribution in [-0.4, -0.2) is 41.9 Å². The van der Waals surface area contributed by atoms with Gasteiger partial charge in [0, 0.05) is 29.7 Å². The maximum absolute atomic E-state index is 13.0. The van der Waals surface area contributed by atoms with E-state index in [1.807, 2.05) is 31.2 Å². The minimum atomic E-state index is -3.65. The number of amides is 1. The van der Waals surface area contributed by atoms with Crippen molar-refractivity contribution < 1.29 is 13.2 Å². The topological polar surface area (TPSA) is 92.3 Å². The third-order valence-corrected chi connectivity index (χ3v) is 8.38. The first kappa shape index (κ1) is 21.9. The Bertz CT molecular complexity index is 1210. The normalized spacial score (nSPS) is 17.4. The quantitative estimate of drug-likeness (QED) is 0.592. The summed E-state index contributed by atoms with van der Waals surface area (Å²) in [5.41, 5.74) is 1.68. The number of aryl methyl sites for hydroxylation is 1. The number of sulfonamides is 1. The highest BCUT2D eigenvalue weighted by Gasteiger charge is 2.33. The van der Waals surface area contributed by atoms with Crippen molar-refractivity contribution in [2.75, 3.05) is 18.4 Å². The first-order valence-electron chi connectivity index (χ1n) is 9.80. The second-order valence-electron chi connectivity index (χ2n) is 7.37. The molecule has 1 saturated heterocycles. The molecular formula is C21H21ClN4O3S2. The van der Waals surface area contributed by atoms with E-state index >= 15 is 0 Å². The van der Waals surface area contributed by atoms with Crippen molar-refractivity contribution in [3.05, 3.63) is 69.1 Å². The zero-order valence-electron chi connectivity index (χ0n) is 16.8.